The van der Waals surface area contributed by atoms with Gasteiger partial charge < -0.3 is 10.1 Å². The predicted octanol–water partition coefficient (Wildman–Crippen LogP) is 2.16. The number of rotatable bonds is 5. The molecule has 0 aliphatic carbocycles. The largest absolute Gasteiger partial charge is 0.369 e. The molecule has 0 aliphatic heterocycles. The summed E-state index contributed by atoms with van der Waals surface area (Å²) in [5.74, 6) is -0.0802. The Morgan fingerprint density at radius 1 is 1.35 bits per heavy atom. The predicted molar refractivity (Wildman–Crippen MR) is 68.8 cm³/mol. The summed E-state index contributed by atoms with van der Waals surface area (Å²) in [5.41, 5.74) is 0.445. The maximum Gasteiger partial charge on any atom is 0.251 e. The Morgan fingerprint density at radius 2 is 1.94 bits per heavy atom. The van der Waals surface area contributed by atoms with Gasteiger partial charge in [-0.3, -0.25) is 4.79 Å². The van der Waals surface area contributed by atoms with E-state index in [0.29, 0.717) is 0 Å². The van der Waals surface area contributed by atoms with Crippen molar-refractivity contribution in [1.82, 2.24) is 5.32 Å². The molecule has 3 nitrogen and oxygen atoms in total. The molecule has 0 saturated carbocycles. The third kappa shape index (κ3) is 4.19. The van der Waals surface area contributed by atoms with Crippen LogP contribution in [0.3, 0.4) is 0 Å². The second-order valence-electron chi connectivity index (χ2n) is 4.78. The van der Waals surface area contributed by atoms with E-state index in [1.165, 1.54) is 5.56 Å². The van der Waals surface area contributed by atoms with E-state index in [4.69, 9.17) is 4.74 Å². The van der Waals surface area contributed by atoms with Crippen LogP contribution in [0, 0.1) is 0 Å². The van der Waals surface area contributed by atoms with Crippen molar-refractivity contribution in [3.8, 4) is 0 Å². The Kier molecular flexibility index (Phi) is 4.70. The first-order chi connectivity index (χ1) is 7.95. The van der Waals surface area contributed by atoms with Crippen molar-refractivity contribution in [2.75, 3.05) is 7.11 Å². The van der Waals surface area contributed by atoms with Crippen molar-refractivity contribution in [3.05, 3.63) is 35.9 Å². The topological polar surface area (TPSA) is 38.3 Å². The quantitative estimate of drug-likeness (QED) is 0.849. The summed E-state index contributed by atoms with van der Waals surface area (Å²) < 4.78 is 5.14. The van der Waals surface area contributed by atoms with Crippen molar-refractivity contribution in [1.29, 1.82) is 0 Å². The van der Waals surface area contributed by atoms with E-state index in [1.807, 2.05) is 25.1 Å². The summed E-state index contributed by atoms with van der Waals surface area (Å²) in [4.78, 5) is 11.9. The van der Waals surface area contributed by atoms with Gasteiger partial charge in [-0.15, -0.1) is 0 Å². The van der Waals surface area contributed by atoms with Crippen LogP contribution in [0.5, 0.6) is 0 Å². The molecule has 0 saturated heterocycles. The van der Waals surface area contributed by atoms with E-state index in [-0.39, 0.29) is 11.9 Å². The molecule has 1 unspecified atom stereocenters. The van der Waals surface area contributed by atoms with E-state index in [2.05, 4.69) is 17.4 Å². The molecule has 94 valence electrons. The normalized spacial score (nSPS) is 13.2. The third-order valence-electron chi connectivity index (χ3n) is 2.82. The minimum Gasteiger partial charge on any atom is -0.369 e. The second-order valence-corrected chi connectivity index (χ2v) is 4.78. The Bertz CT molecular complexity index is 360. The fraction of sp³-hybridized carbons (Fsp3) is 0.500. The molecule has 17 heavy (non-hydrogen) atoms. The van der Waals surface area contributed by atoms with Crippen LogP contribution in [0.2, 0.25) is 0 Å². The highest BCUT2D eigenvalue weighted by Gasteiger charge is 2.27. The van der Waals surface area contributed by atoms with Gasteiger partial charge in [0.05, 0.1) is 0 Å². The molecule has 1 atom stereocenters. The molecule has 0 bridgehead atoms. The molecule has 1 aromatic rings. The first kappa shape index (κ1) is 13.7. The zero-order valence-electron chi connectivity index (χ0n) is 11.0. The molecule has 1 N–H and O–H groups in total. The van der Waals surface area contributed by atoms with Crippen LogP contribution in [0.1, 0.15) is 26.3 Å². The van der Waals surface area contributed by atoms with Gasteiger partial charge in [-0.05, 0) is 32.8 Å². The molecule has 0 heterocycles. The van der Waals surface area contributed by atoms with E-state index < -0.39 is 5.60 Å². The molecule has 1 amide bonds. The summed E-state index contributed by atoms with van der Waals surface area (Å²) in [7, 11) is 1.54. The highest BCUT2D eigenvalue weighted by molar-refractivity contribution is 5.84. The molecule has 1 rings (SSSR count). The van der Waals surface area contributed by atoms with Crippen LogP contribution < -0.4 is 5.32 Å². The number of carbonyl (C=O) groups is 1. The maximum atomic E-state index is 11.9. The number of hydrogen-bond donors (Lipinski definition) is 1. The number of methoxy groups -OCH3 is 1. The van der Waals surface area contributed by atoms with Crippen molar-refractivity contribution in [2.24, 2.45) is 0 Å². The summed E-state index contributed by atoms with van der Waals surface area (Å²) in [5, 5.41) is 2.96. The Balaban J connectivity index is 2.51. The average molecular weight is 235 g/mol. The fourth-order valence-corrected chi connectivity index (χ4v) is 1.51. The van der Waals surface area contributed by atoms with Gasteiger partial charge in [0.25, 0.3) is 5.91 Å². The van der Waals surface area contributed by atoms with Gasteiger partial charge in [0.15, 0.2) is 0 Å². The van der Waals surface area contributed by atoms with E-state index in [1.54, 1.807) is 21.0 Å². The SMILES string of the molecule is COC(C)(C)C(=O)NC(C)Cc1ccccc1. The van der Waals surface area contributed by atoms with Crippen LogP contribution in [-0.2, 0) is 16.0 Å². The van der Waals surface area contributed by atoms with Gasteiger partial charge in [0.1, 0.15) is 5.60 Å². The zero-order chi connectivity index (χ0) is 12.9. The molecule has 3 heteroatoms. The number of benzene rings is 1. The van der Waals surface area contributed by atoms with Crippen LogP contribution in [-0.4, -0.2) is 24.7 Å². The Hall–Kier alpha value is -1.35. The van der Waals surface area contributed by atoms with Crippen LogP contribution >= 0.6 is 0 Å². The minimum atomic E-state index is -0.773. The first-order valence-corrected chi connectivity index (χ1v) is 5.86. The average Bonchev–Trinajstić information content (AvgIpc) is 2.30. The van der Waals surface area contributed by atoms with Crippen molar-refractivity contribution >= 4 is 5.91 Å². The molecule has 0 fully saturated rings. The van der Waals surface area contributed by atoms with Crippen molar-refractivity contribution in [3.63, 3.8) is 0 Å². The fourth-order valence-electron chi connectivity index (χ4n) is 1.51. The van der Waals surface area contributed by atoms with Gasteiger partial charge in [-0.1, -0.05) is 30.3 Å². The van der Waals surface area contributed by atoms with Crippen LogP contribution in [0.25, 0.3) is 0 Å². The van der Waals surface area contributed by atoms with E-state index >= 15 is 0 Å². The summed E-state index contributed by atoms with van der Waals surface area (Å²) in [6, 6.07) is 10.2. The maximum absolute atomic E-state index is 11.9. The number of hydrogen-bond acceptors (Lipinski definition) is 2. The summed E-state index contributed by atoms with van der Waals surface area (Å²) >= 11 is 0. The highest BCUT2D eigenvalue weighted by atomic mass is 16.5. The van der Waals surface area contributed by atoms with Crippen LogP contribution in [0.15, 0.2) is 30.3 Å². The minimum absolute atomic E-state index is 0.0802. The lowest BCUT2D eigenvalue weighted by molar-refractivity contribution is -0.140. The standard InChI is InChI=1S/C14H21NO2/c1-11(10-12-8-6-5-7-9-12)15-13(16)14(2,3)17-4/h5-9,11H,10H2,1-4H3,(H,15,16). The third-order valence-corrected chi connectivity index (χ3v) is 2.82. The Morgan fingerprint density at radius 3 is 2.47 bits per heavy atom. The van der Waals surface area contributed by atoms with Gasteiger partial charge in [-0.25, -0.2) is 0 Å². The van der Waals surface area contributed by atoms with Crippen molar-refractivity contribution in [2.45, 2.75) is 38.8 Å². The number of carbonyl (C=O) groups excluding carboxylic acids is 1. The lowest BCUT2D eigenvalue weighted by Gasteiger charge is -2.24. The van der Waals surface area contributed by atoms with Gasteiger partial charge in [-0.2, -0.15) is 0 Å². The first-order valence-electron chi connectivity index (χ1n) is 5.86. The number of nitrogens with one attached hydrogen (secondary N) is 1. The Labute approximate surface area is 103 Å². The molecule has 0 spiro atoms. The molecular weight excluding hydrogens is 214 g/mol. The van der Waals surface area contributed by atoms with Gasteiger partial charge in [0, 0.05) is 13.2 Å². The monoisotopic (exact) mass is 235 g/mol. The number of amides is 1. The number of ether oxygens (including phenoxy) is 1. The summed E-state index contributed by atoms with van der Waals surface area (Å²) in [6.07, 6.45) is 0.826. The highest BCUT2D eigenvalue weighted by Crippen LogP contribution is 2.09. The molecule has 0 aromatic heterocycles. The molecule has 0 aliphatic rings. The molecular formula is C14H21NO2. The van der Waals surface area contributed by atoms with Crippen LogP contribution in [0.4, 0.5) is 0 Å². The molecule has 1 aromatic carbocycles. The lowest BCUT2D eigenvalue weighted by atomic mass is 10.0. The molecule has 0 radical (unpaired) electrons. The second kappa shape index (κ2) is 5.82. The van der Waals surface area contributed by atoms with E-state index in [9.17, 15) is 4.79 Å². The van der Waals surface area contributed by atoms with Gasteiger partial charge in [0.2, 0.25) is 0 Å². The zero-order valence-corrected chi connectivity index (χ0v) is 11.0. The van der Waals surface area contributed by atoms with Crippen molar-refractivity contribution < 1.29 is 9.53 Å². The van der Waals surface area contributed by atoms with Gasteiger partial charge >= 0.3 is 0 Å². The smallest absolute Gasteiger partial charge is 0.251 e. The lowest BCUT2D eigenvalue weighted by Crippen LogP contribution is -2.47. The summed E-state index contributed by atoms with van der Waals surface area (Å²) in [6.45, 7) is 5.52. The van der Waals surface area contributed by atoms with E-state index in [0.717, 1.165) is 6.42 Å².